The molecule has 2 rings (SSSR count). The first-order chi connectivity index (χ1) is 8.41. The topological polar surface area (TPSA) is 52.9 Å². The third-order valence-electron chi connectivity index (χ3n) is 2.66. The predicted octanol–water partition coefficient (Wildman–Crippen LogP) is 2.93. The summed E-state index contributed by atoms with van der Waals surface area (Å²) >= 11 is 0. The van der Waals surface area contributed by atoms with Crippen molar-refractivity contribution in [3.8, 4) is 6.07 Å². The quantitative estimate of drug-likeness (QED) is 0.882. The number of carbonyl (C=O) groups is 1. The number of alkyl halides is 3. The molecule has 0 spiro atoms. The molecule has 0 aromatic heterocycles. The molecule has 1 aliphatic rings. The van der Waals surface area contributed by atoms with E-state index < -0.39 is 17.6 Å². The van der Waals surface area contributed by atoms with E-state index in [1.165, 1.54) is 6.07 Å². The summed E-state index contributed by atoms with van der Waals surface area (Å²) < 4.78 is 38.3. The van der Waals surface area contributed by atoms with Crippen molar-refractivity contribution in [2.75, 3.05) is 5.32 Å². The van der Waals surface area contributed by atoms with E-state index in [1.54, 1.807) is 6.07 Å². The molecule has 0 heterocycles. The standard InChI is InChI=1S/C12H9F3N2O/c13-12(14,15)9-5-7(6-16)1-4-10(9)17-11(18)8-2-3-8/h1,4-5,8H,2-3H2,(H,17,18). The molecule has 0 unspecified atom stereocenters. The van der Waals surface area contributed by atoms with Gasteiger partial charge in [0.2, 0.25) is 5.91 Å². The Kier molecular flexibility index (Phi) is 2.99. The van der Waals surface area contributed by atoms with Gasteiger partial charge in [-0.3, -0.25) is 4.79 Å². The lowest BCUT2D eigenvalue weighted by Crippen LogP contribution is -2.17. The maximum atomic E-state index is 12.8. The van der Waals surface area contributed by atoms with E-state index in [1.807, 2.05) is 0 Å². The van der Waals surface area contributed by atoms with Crippen LogP contribution in [0.5, 0.6) is 0 Å². The van der Waals surface area contributed by atoms with Gasteiger partial charge in [-0.1, -0.05) is 0 Å². The minimum atomic E-state index is -4.60. The number of rotatable bonds is 2. The minimum Gasteiger partial charge on any atom is -0.325 e. The van der Waals surface area contributed by atoms with Crippen LogP contribution < -0.4 is 5.32 Å². The smallest absolute Gasteiger partial charge is 0.325 e. The molecular formula is C12H9F3N2O. The number of benzene rings is 1. The molecule has 1 aromatic carbocycles. The van der Waals surface area contributed by atoms with E-state index in [0.29, 0.717) is 12.8 Å². The Labute approximate surface area is 101 Å². The molecular weight excluding hydrogens is 245 g/mol. The molecule has 1 saturated carbocycles. The zero-order chi connectivity index (χ0) is 13.3. The lowest BCUT2D eigenvalue weighted by atomic mass is 10.1. The largest absolute Gasteiger partial charge is 0.418 e. The summed E-state index contributed by atoms with van der Waals surface area (Å²) in [4.78, 5) is 11.5. The van der Waals surface area contributed by atoms with Crippen LogP contribution in [0.25, 0.3) is 0 Å². The number of halogens is 3. The summed E-state index contributed by atoms with van der Waals surface area (Å²) in [5.74, 6) is -0.577. The van der Waals surface area contributed by atoms with Crippen LogP contribution in [-0.4, -0.2) is 5.91 Å². The number of nitrogens with one attached hydrogen (secondary N) is 1. The van der Waals surface area contributed by atoms with Crippen LogP contribution in [0.3, 0.4) is 0 Å². The fourth-order valence-corrected chi connectivity index (χ4v) is 1.54. The zero-order valence-corrected chi connectivity index (χ0v) is 9.21. The van der Waals surface area contributed by atoms with Gasteiger partial charge in [-0.2, -0.15) is 18.4 Å². The van der Waals surface area contributed by atoms with E-state index in [2.05, 4.69) is 5.32 Å². The molecule has 1 N–H and O–H groups in total. The fourth-order valence-electron chi connectivity index (χ4n) is 1.54. The van der Waals surface area contributed by atoms with Crippen molar-refractivity contribution in [2.45, 2.75) is 19.0 Å². The second kappa shape index (κ2) is 4.33. The number of amides is 1. The summed E-state index contributed by atoms with van der Waals surface area (Å²) in [5, 5.41) is 10.9. The second-order valence-electron chi connectivity index (χ2n) is 4.13. The molecule has 1 aliphatic carbocycles. The summed E-state index contributed by atoms with van der Waals surface area (Å²) in [7, 11) is 0. The Morgan fingerprint density at radius 2 is 2.06 bits per heavy atom. The van der Waals surface area contributed by atoms with Crippen LogP contribution in [0.1, 0.15) is 24.0 Å². The first kappa shape index (κ1) is 12.4. The van der Waals surface area contributed by atoms with Crippen molar-refractivity contribution >= 4 is 11.6 Å². The maximum Gasteiger partial charge on any atom is 0.418 e. The molecule has 3 nitrogen and oxygen atoms in total. The fraction of sp³-hybridized carbons (Fsp3) is 0.333. The number of hydrogen-bond acceptors (Lipinski definition) is 2. The molecule has 1 fully saturated rings. The summed E-state index contributed by atoms with van der Waals surface area (Å²) in [6.45, 7) is 0. The van der Waals surface area contributed by atoms with Crippen LogP contribution >= 0.6 is 0 Å². The Hall–Kier alpha value is -2.03. The average Bonchev–Trinajstić information content (AvgIpc) is 3.11. The van der Waals surface area contributed by atoms with Gasteiger partial charge in [0, 0.05) is 5.92 Å². The van der Waals surface area contributed by atoms with Crippen molar-refractivity contribution < 1.29 is 18.0 Å². The third-order valence-corrected chi connectivity index (χ3v) is 2.66. The summed E-state index contributed by atoms with van der Waals surface area (Å²) in [6.07, 6.45) is -3.17. The highest BCUT2D eigenvalue weighted by Crippen LogP contribution is 2.37. The number of hydrogen-bond donors (Lipinski definition) is 1. The molecule has 1 amide bonds. The molecule has 0 atom stereocenters. The summed E-state index contributed by atoms with van der Waals surface area (Å²) in [5.41, 5.74) is -1.37. The number of anilines is 1. The number of nitriles is 1. The zero-order valence-electron chi connectivity index (χ0n) is 9.21. The highest BCUT2D eigenvalue weighted by Gasteiger charge is 2.36. The van der Waals surface area contributed by atoms with Crippen LogP contribution in [-0.2, 0) is 11.0 Å². The van der Waals surface area contributed by atoms with Crippen molar-refractivity contribution in [1.29, 1.82) is 5.26 Å². The highest BCUT2D eigenvalue weighted by molar-refractivity contribution is 5.94. The van der Waals surface area contributed by atoms with Crippen LogP contribution in [0.15, 0.2) is 18.2 Å². The van der Waals surface area contributed by atoms with E-state index in [-0.39, 0.29) is 17.2 Å². The summed E-state index contributed by atoms with van der Waals surface area (Å²) in [6, 6.07) is 4.74. The average molecular weight is 254 g/mol. The van der Waals surface area contributed by atoms with Crippen LogP contribution in [0.2, 0.25) is 0 Å². The first-order valence-electron chi connectivity index (χ1n) is 5.34. The van der Waals surface area contributed by atoms with Gasteiger partial charge >= 0.3 is 6.18 Å². The van der Waals surface area contributed by atoms with Crippen LogP contribution in [0.4, 0.5) is 18.9 Å². The third kappa shape index (κ3) is 2.62. The van der Waals surface area contributed by atoms with E-state index in [9.17, 15) is 18.0 Å². The van der Waals surface area contributed by atoms with E-state index in [4.69, 9.17) is 5.26 Å². The SMILES string of the molecule is N#Cc1ccc(NC(=O)C2CC2)c(C(F)(F)F)c1. The first-order valence-corrected chi connectivity index (χ1v) is 5.34. The van der Waals surface area contributed by atoms with Crippen molar-refractivity contribution in [3.63, 3.8) is 0 Å². The van der Waals surface area contributed by atoms with Gasteiger partial charge in [0.15, 0.2) is 0 Å². The highest BCUT2D eigenvalue weighted by atomic mass is 19.4. The van der Waals surface area contributed by atoms with E-state index in [0.717, 1.165) is 12.1 Å². The lowest BCUT2D eigenvalue weighted by molar-refractivity contribution is -0.137. The van der Waals surface area contributed by atoms with Crippen molar-refractivity contribution in [3.05, 3.63) is 29.3 Å². The van der Waals surface area contributed by atoms with Crippen molar-refractivity contribution in [2.24, 2.45) is 5.92 Å². The normalized spacial score (nSPS) is 15.0. The number of nitrogens with zero attached hydrogens (tertiary/aromatic N) is 1. The molecule has 6 heteroatoms. The Balaban J connectivity index is 2.33. The predicted molar refractivity (Wildman–Crippen MR) is 57.5 cm³/mol. The van der Waals surface area contributed by atoms with E-state index >= 15 is 0 Å². The Bertz CT molecular complexity index is 527. The van der Waals surface area contributed by atoms with Crippen molar-refractivity contribution in [1.82, 2.24) is 0 Å². The number of carbonyl (C=O) groups excluding carboxylic acids is 1. The van der Waals surface area contributed by atoms with Gasteiger partial charge in [-0.25, -0.2) is 0 Å². The molecule has 0 bridgehead atoms. The minimum absolute atomic E-state index is 0.0910. The Morgan fingerprint density at radius 3 is 2.56 bits per heavy atom. The molecule has 94 valence electrons. The molecule has 1 aromatic rings. The second-order valence-corrected chi connectivity index (χ2v) is 4.13. The molecule has 0 aliphatic heterocycles. The maximum absolute atomic E-state index is 12.8. The van der Waals surface area contributed by atoms with Gasteiger partial charge in [0.1, 0.15) is 0 Å². The monoisotopic (exact) mass is 254 g/mol. The van der Waals surface area contributed by atoms with Gasteiger partial charge in [-0.15, -0.1) is 0 Å². The van der Waals surface area contributed by atoms with Gasteiger partial charge in [-0.05, 0) is 31.0 Å². The van der Waals surface area contributed by atoms with Gasteiger partial charge in [0.25, 0.3) is 0 Å². The van der Waals surface area contributed by atoms with Crippen LogP contribution in [0, 0.1) is 17.2 Å². The molecule has 0 saturated heterocycles. The molecule has 0 radical (unpaired) electrons. The molecule has 18 heavy (non-hydrogen) atoms. The van der Waals surface area contributed by atoms with Gasteiger partial charge in [0.05, 0.1) is 22.9 Å². The Morgan fingerprint density at radius 1 is 1.39 bits per heavy atom. The van der Waals surface area contributed by atoms with Gasteiger partial charge < -0.3 is 5.32 Å². The lowest BCUT2D eigenvalue weighted by Gasteiger charge is -2.13.